The van der Waals surface area contributed by atoms with Crippen molar-refractivity contribution in [3.8, 4) is 0 Å². The molecule has 1 saturated heterocycles. The zero-order chi connectivity index (χ0) is 9.97. The number of ketones is 1. The molecule has 2 rings (SSSR count). The summed E-state index contributed by atoms with van der Waals surface area (Å²) in [6.45, 7) is 0. The van der Waals surface area contributed by atoms with Gasteiger partial charge in [0.1, 0.15) is 11.6 Å². The molecule has 1 atom stereocenters. The van der Waals surface area contributed by atoms with E-state index in [1.54, 1.807) is 23.9 Å². The highest BCUT2D eigenvalue weighted by molar-refractivity contribution is 8.00. The Bertz CT molecular complexity index is 351. The van der Waals surface area contributed by atoms with Gasteiger partial charge in [-0.05, 0) is 18.1 Å². The minimum absolute atomic E-state index is 0.0249. The first-order valence-corrected chi connectivity index (χ1v) is 5.76. The van der Waals surface area contributed by atoms with E-state index in [2.05, 4.69) is 0 Å². The molecule has 0 spiro atoms. The molecule has 3 heteroatoms. The van der Waals surface area contributed by atoms with Crippen LogP contribution in [0, 0.1) is 11.7 Å². The van der Waals surface area contributed by atoms with E-state index in [1.807, 2.05) is 6.07 Å². The van der Waals surface area contributed by atoms with Gasteiger partial charge in [0.15, 0.2) is 0 Å². The van der Waals surface area contributed by atoms with Gasteiger partial charge in [0.05, 0.1) is 5.75 Å². The largest absolute Gasteiger partial charge is 0.298 e. The van der Waals surface area contributed by atoms with Crippen molar-refractivity contribution in [2.75, 3.05) is 11.5 Å². The van der Waals surface area contributed by atoms with E-state index >= 15 is 0 Å². The van der Waals surface area contributed by atoms with Gasteiger partial charge in [0.2, 0.25) is 0 Å². The maximum absolute atomic E-state index is 13.3. The molecule has 1 aromatic rings. The smallest absolute Gasteiger partial charge is 0.146 e. The van der Waals surface area contributed by atoms with Crippen LogP contribution in [0.4, 0.5) is 4.39 Å². The second-order valence-electron chi connectivity index (χ2n) is 3.47. The highest BCUT2D eigenvalue weighted by Gasteiger charge is 2.25. The number of rotatable bonds is 2. The molecule has 14 heavy (non-hydrogen) atoms. The van der Waals surface area contributed by atoms with Crippen LogP contribution in [0.5, 0.6) is 0 Å². The van der Waals surface area contributed by atoms with Crippen molar-refractivity contribution >= 4 is 17.5 Å². The normalized spacial score (nSPS) is 21.5. The fourth-order valence-corrected chi connectivity index (χ4v) is 2.76. The van der Waals surface area contributed by atoms with Crippen molar-refractivity contribution in [2.24, 2.45) is 5.92 Å². The van der Waals surface area contributed by atoms with E-state index in [-0.39, 0.29) is 17.5 Å². The van der Waals surface area contributed by atoms with Crippen molar-refractivity contribution in [3.63, 3.8) is 0 Å². The van der Waals surface area contributed by atoms with Gasteiger partial charge in [0, 0.05) is 11.7 Å². The number of carbonyl (C=O) groups excluding carboxylic acids is 1. The summed E-state index contributed by atoms with van der Waals surface area (Å²) in [5.41, 5.74) is 0.661. The molecule has 1 aliphatic heterocycles. The highest BCUT2D eigenvalue weighted by Crippen LogP contribution is 2.24. The number of Topliss-reactive ketones (excluding diaryl/α,β-unsaturated/α-hetero) is 1. The second kappa shape index (κ2) is 4.13. The van der Waals surface area contributed by atoms with Gasteiger partial charge in [0.25, 0.3) is 0 Å². The lowest BCUT2D eigenvalue weighted by Gasteiger charge is -2.07. The van der Waals surface area contributed by atoms with Crippen LogP contribution in [0.15, 0.2) is 24.3 Å². The first-order chi connectivity index (χ1) is 6.77. The third-order valence-electron chi connectivity index (χ3n) is 2.44. The van der Waals surface area contributed by atoms with Crippen LogP contribution in [0.2, 0.25) is 0 Å². The molecular weight excluding hydrogens is 199 g/mol. The molecule has 1 fully saturated rings. The number of thioether (sulfide) groups is 1. The first-order valence-electron chi connectivity index (χ1n) is 4.61. The molecule has 1 aliphatic rings. The third kappa shape index (κ3) is 1.98. The SMILES string of the molecule is O=C1CSCC1Cc1ccccc1F. The predicted octanol–water partition coefficient (Wildman–Crippen LogP) is 2.30. The van der Waals surface area contributed by atoms with Gasteiger partial charge in [-0.25, -0.2) is 4.39 Å². The van der Waals surface area contributed by atoms with Crippen molar-refractivity contribution < 1.29 is 9.18 Å². The predicted molar refractivity (Wildman–Crippen MR) is 55.9 cm³/mol. The lowest BCUT2D eigenvalue weighted by molar-refractivity contribution is -0.119. The van der Waals surface area contributed by atoms with Crippen LogP contribution < -0.4 is 0 Å². The maximum atomic E-state index is 13.3. The Morgan fingerprint density at radius 1 is 1.43 bits per heavy atom. The Morgan fingerprint density at radius 3 is 2.86 bits per heavy atom. The summed E-state index contributed by atoms with van der Waals surface area (Å²) in [5.74, 6) is 1.53. The Hall–Kier alpha value is -0.830. The molecule has 0 bridgehead atoms. The van der Waals surface area contributed by atoms with Gasteiger partial charge in [-0.15, -0.1) is 0 Å². The lowest BCUT2D eigenvalue weighted by atomic mass is 9.98. The monoisotopic (exact) mass is 210 g/mol. The average molecular weight is 210 g/mol. The molecule has 0 radical (unpaired) electrons. The molecule has 74 valence electrons. The Morgan fingerprint density at radius 2 is 2.21 bits per heavy atom. The van der Waals surface area contributed by atoms with Crippen LogP contribution in [0.3, 0.4) is 0 Å². The Balaban J connectivity index is 2.10. The van der Waals surface area contributed by atoms with Crippen LogP contribution in [-0.2, 0) is 11.2 Å². The summed E-state index contributed by atoms with van der Waals surface area (Å²) in [7, 11) is 0. The first kappa shape index (κ1) is 9.71. The quantitative estimate of drug-likeness (QED) is 0.745. The van der Waals surface area contributed by atoms with Crippen molar-refractivity contribution in [2.45, 2.75) is 6.42 Å². The van der Waals surface area contributed by atoms with E-state index in [9.17, 15) is 9.18 Å². The fraction of sp³-hybridized carbons (Fsp3) is 0.364. The molecule has 1 unspecified atom stereocenters. The summed E-state index contributed by atoms with van der Waals surface area (Å²) in [4.78, 5) is 11.3. The van der Waals surface area contributed by atoms with Gasteiger partial charge >= 0.3 is 0 Å². The van der Waals surface area contributed by atoms with Crippen molar-refractivity contribution in [3.05, 3.63) is 35.6 Å². The minimum Gasteiger partial charge on any atom is -0.298 e. The number of benzene rings is 1. The average Bonchev–Trinajstić information content (AvgIpc) is 2.56. The third-order valence-corrected chi connectivity index (χ3v) is 3.57. The Labute approximate surface area is 86.7 Å². The van der Waals surface area contributed by atoms with E-state index < -0.39 is 0 Å². The molecule has 1 heterocycles. The Kier molecular flexibility index (Phi) is 2.87. The summed E-state index contributed by atoms with van der Waals surface area (Å²) >= 11 is 1.64. The highest BCUT2D eigenvalue weighted by atomic mass is 32.2. The summed E-state index contributed by atoms with van der Waals surface area (Å²) in [6, 6.07) is 6.68. The van der Waals surface area contributed by atoms with E-state index in [1.165, 1.54) is 6.07 Å². The van der Waals surface area contributed by atoms with Gasteiger partial charge in [-0.1, -0.05) is 18.2 Å². The van der Waals surface area contributed by atoms with Crippen LogP contribution in [-0.4, -0.2) is 17.3 Å². The summed E-state index contributed by atoms with van der Waals surface area (Å²) in [5, 5.41) is 0. The summed E-state index contributed by atoms with van der Waals surface area (Å²) < 4.78 is 13.3. The molecule has 0 aliphatic carbocycles. The molecule has 1 nitrogen and oxygen atoms in total. The van der Waals surface area contributed by atoms with E-state index in [0.29, 0.717) is 17.7 Å². The molecule has 0 N–H and O–H groups in total. The minimum atomic E-state index is -0.197. The van der Waals surface area contributed by atoms with Gasteiger partial charge < -0.3 is 0 Å². The standard InChI is InChI=1S/C11H11FOS/c12-10-4-2-1-3-8(10)5-9-6-14-7-11(9)13/h1-4,9H,5-7H2. The van der Waals surface area contributed by atoms with Crippen molar-refractivity contribution in [1.82, 2.24) is 0 Å². The van der Waals surface area contributed by atoms with Crippen LogP contribution in [0.25, 0.3) is 0 Å². The molecule has 0 saturated carbocycles. The summed E-state index contributed by atoms with van der Waals surface area (Å²) in [6.07, 6.45) is 0.554. The second-order valence-corrected chi connectivity index (χ2v) is 4.50. The zero-order valence-corrected chi connectivity index (χ0v) is 8.52. The van der Waals surface area contributed by atoms with E-state index in [4.69, 9.17) is 0 Å². The molecular formula is C11H11FOS. The lowest BCUT2D eigenvalue weighted by Crippen LogP contribution is -2.14. The van der Waals surface area contributed by atoms with Crippen LogP contribution in [0.1, 0.15) is 5.56 Å². The molecule has 0 aromatic heterocycles. The number of carbonyl (C=O) groups is 1. The fourth-order valence-electron chi connectivity index (χ4n) is 1.61. The zero-order valence-electron chi connectivity index (χ0n) is 7.70. The number of hydrogen-bond acceptors (Lipinski definition) is 2. The van der Waals surface area contributed by atoms with Crippen molar-refractivity contribution in [1.29, 1.82) is 0 Å². The van der Waals surface area contributed by atoms with E-state index in [0.717, 1.165) is 5.75 Å². The van der Waals surface area contributed by atoms with Gasteiger partial charge in [-0.3, -0.25) is 4.79 Å². The maximum Gasteiger partial charge on any atom is 0.146 e. The van der Waals surface area contributed by atoms with Crippen LogP contribution >= 0.6 is 11.8 Å². The molecule has 1 aromatic carbocycles. The van der Waals surface area contributed by atoms with Gasteiger partial charge in [-0.2, -0.15) is 11.8 Å². The topological polar surface area (TPSA) is 17.1 Å². The molecule has 0 amide bonds. The number of halogens is 1. The number of hydrogen-bond donors (Lipinski definition) is 0.